The molecule has 32 heavy (non-hydrogen) atoms. The first kappa shape index (κ1) is 24.6. The van der Waals surface area contributed by atoms with Crippen molar-refractivity contribution in [1.82, 2.24) is 10.6 Å². The quantitative estimate of drug-likeness (QED) is 0.397. The number of hydrogen-bond acceptors (Lipinski definition) is 6. The molecule has 2 atom stereocenters. The van der Waals surface area contributed by atoms with Crippen LogP contribution >= 0.6 is 0 Å². The monoisotopic (exact) mass is 438 g/mol. The van der Waals surface area contributed by atoms with Gasteiger partial charge in [0.05, 0.1) is 11.4 Å². The highest BCUT2D eigenvalue weighted by Crippen LogP contribution is 2.02. The summed E-state index contributed by atoms with van der Waals surface area (Å²) >= 11 is 0. The topological polar surface area (TPSA) is 116 Å². The van der Waals surface area contributed by atoms with Crippen molar-refractivity contribution in [3.8, 4) is 0 Å². The van der Waals surface area contributed by atoms with Gasteiger partial charge in [-0.2, -0.15) is 0 Å². The van der Waals surface area contributed by atoms with E-state index in [1.165, 1.54) is 12.1 Å². The number of nitrogens with one attached hydrogen (secondary N) is 4. The maximum atomic E-state index is 12.2. The highest BCUT2D eigenvalue weighted by molar-refractivity contribution is 5.84. The van der Waals surface area contributed by atoms with Crippen molar-refractivity contribution in [3.05, 3.63) is 81.1 Å². The van der Waals surface area contributed by atoms with E-state index in [4.69, 9.17) is 0 Å². The zero-order valence-electron chi connectivity index (χ0n) is 18.4. The summed E-state index contributed by atoms with van der Waals surface area (Å²) in [7, 11) is 0. The molecule has 0 bridgehead atoms. The van der Waals surface area contributed by atoms with Gasteiger partial charge in [-0.1, -0.05) is 36.4 Å². The smallest absolute Gasteiger partial charge is 0.242 e. The van der Waals surface area contributed by atoms with Crippen LogP contribution in [0, 0.1) is 0 Å². The van der Waals surface area contributed by atoms with Gasteiger partial charge in [0.2, 0.25) is 22.7 Å². The summed E-state index contributed by atoms with van der Waals surface area (Å²) in [5, 5.41) is 11.5. The molecule has 0 saturated carbocycles. The maximum absolute atomic E-state index is 12.2. The molecule has 0 unspecified atom stereocenters. The summed E-state index contributed by atoms with van der Waals surface area (Å²) in [6, 6.07) is 15.3. The largest absolute Gasteiger partial charge is 0.371 e. The molecule has 2 aromatic rings. The summed E-state index contributed by atoms with van der Waals surface area (Å²) in [5.74, 6) is -0.413. The van der Waals surface area contributed by atoms with Crippen LogP contribution in [0.5, 0.6) is 0 Å². The van der Waals surface area contributed by atoms with Gasteiger partial charge in [-0.05, 0) is 51.0 Å². The average Bonchev–Trinajstić information content (AvgIpc) is 3.10. The number of amides is 2. The Bertz CT molecular complexity index is 946. The van der Waals surface area contributed by atoms with E-state index in [9.17, 15) is 19.2 Å². The molecule has 8 heteroatoms. The van der Waals surface area contributed by atoms with Crippen LogP contribution in [0.25, 0.3) is 0 Å². The van der Waals surface area contributed by atoms with E-state index in [1.807, 2.05) is 0 Å². The molecule has 0 fully saturated rings. The number of unbranched alkanes of at least 4 members (excludes halogenated alkanes) is 1. The van der Waals surface area contributed by atoms with Gasteiger partial charge < -0.3 is 21.3 Å². The minimum Gasteiger partial charge on any atom is -0.371 e. The van der Waals surface area contributed by atoms with Crippen LogP contribution in [-0.2, 0) is 9.59 Å². The highest BCUT2D eigenvalue weighted by Gasteiger charge is 2.14. The normalized spacial score (nSPS) is 12.2. The van der Waals surface area contributed by atoms with Crippen molar-refractivity contribution in [2.24, 2.45) is 0 Å². The molecule has 2 rings (SSSR count). The number of anilines is 2. The van der Waals surface area contributed by atoms with Crippen molar-refractivity contribution < 1.29 is 9.59 Å². The molecule has 0 spiro atoms. The van der Waals surface area contributed by atoms with Crippen molar-refractivity contribution in [2.45, 2.75) is 38.8 Å². The molecule has 0 aromatic heterocycles. The Labute approximate surface area is 187 Å². The van der Waals surface area contributed by atoms with E-state index in [1.54, 1.807) is 62.4 Å². The van der Waals surface area contributed by atoms with Crippen LogP contribution in [0.1, 0.15) is 26.7 Å². The fourth-order valence-electron chi connectivity index (χ4n) is 2.88. The molecule has 2 amide bonds. The third-order valence-corrected chi connectivity index (χ3v) is 4.73. The third kappa shape index (κ3) is 8.22. The zero-order chi connectivity index (χ0) is 23.3. The summed E-state index contributed by atoms with van der Waals surface area (Å²) < 4.78 is 0. The number of carbonyl (C=O) groups is 2. The summed E-state index contributed by atoms with van der Waals surface area (Å²) in [6.07, 6.45) is 1.37. The standard InChI is InChI=1S/C24H30N4O4/c1-17(27-19-11-5-3-7-13-21(19)29)23(31)25-15-9-10-16-26-24(32)18(2)28-20-12-6-4-8-14-22(20)30/h3-8,11-14,17-18H,9-10,15-16H2,1-2H3,(H,25,31)(H,26,32)(H,27,29)(H,28,30)/t17-,18-/m0/s1. The molecule has 0 saturated heterocycles. The van der Waals surface area contributed by atoms with Crippen LogP contribution in [-0.4, -0.2) is 37.0 Å². The first-order chi connectivity index (χ1) is 15.4. The predicted molar refractivity (Wildman–Crippen MR) is 127 cm³/mol. The fraction of sp³-hybridized carbons (Fsp3) is 0.333. The van der Waals surface area contributed by atoms with Gasteiger partial charge >= 0.3 is 0 Å². The molecular weight excluding hydrogens is 408 g/mol. The van der Waals surface area contributed by atoms with Crippen molar-refractivity contribution in [3.63, 3.8) is 0 Å². The average molecular weight is 439 g/mol. The lowest BCUT2D eigenvalue weighted by Crippen LogP contribution is -2.40. The SMILES string of the molecule is C[C@H](Nc1cccccc1=O)C(=O)NCCCCNC(=O)[C@H](C)Nc1cccccc1=O. The Hall–Kier alpha value is -3.68. The first-order valence-corrected chi connectivity index (χ1v) is 10.7. The molecule has 0 aliphatic carbocycles. The maximum Gasteiger partial charge on any atom is 0.242 e. The van der Waals surface area contributed by atoms with E-state index in [2.05, 4.69) is 21.3 Å². The van der Waals surface area contributed by atoms with Crippen molar-refractivity contribution in [2.75, 3.05) is 23.7 Å². The summed E-state index contributed by atoms with van der Waals surface area (Å²) in [5.41, 5.74) is 0.386. The Morgan fingerprint density at radius 3 is 1.44 bits per heavy atom. The Balaban J connectivity index is 1.65. The second-order valence-corrected chi connectivity index (χ2v) is 7.40. The Morgan fingerprint density at radius 1 is 0.656 bits per heavy atom. The van der Waals surface area contributed by atoms with E-state index in [0.29, 0.717) is 37.3 Å². The molecule has 8 nitrogen and oxygen atoms in total. The van der Waals surface area contributed by atoms with Gasteiger partial charge in [-0.3, -0.25) is 19.2 Å². The Kier molecular flexibility index (Phi) is 9.90. The van der Waals surface area contributed by atoms with Gasteiger partial charge in [0.15, 0.2) is 0 Å². The van der Waals surface area contributed by atoms with E-state index in [-0.39, 0.29) is 22.7 Å². The van der Waals surface area contributed by atoms with Gasteiger partial charge in [0, 0.05) is 13.1 Å². The van der Waals surface area contributed by atoms with E-state index >= 15 is 0 Å². The first-order valence-electron chi connectivity index (χ1n) is 10.7. The molecule has 0 radical (unpaired) electrons. The molecule has 4 N–H and O–H groups in total. The van der Waals surface area contributed by atoms with Gasteiger partial charge in [-0.15, -0.1) is 0 Å². The minimum atomic E-state index is -0.553. The second-order valence-electron chi connectivity index (χ2n) is 7.40. The van der Waals surface area contributed by atoms with Crippen LogP contribution in [0.15, 0.2) is 70.3 Å². The summed E-state index contributed by atoms with van der Waals surface area (Å²) in [4.78, 5) is 48.2. The Morgan fingerprint density at radius 2 is 1.03 bits per heavy atom. The fourth-order valence-corrected chi connectivity index (χ4v) is 2.88. The van der Waals surface area contributed by atoms with Crippen LogP contribution < -0.4 is 32.1 Å². The predicted octanol–water partition coefficient (Wildman–Crippen LogP) is 1.72. The van der Waals surface area contributed by atoms with Gasteiger partial charge in [0.25, 0.3) is 0 Å². The number of carbonyl (C=O) groups excluding carboxylic acids is 2. The third-order valence-electron chi connectivity index (χ3n) is 4.73. The molecule has 0 aliphatic rings. The van der Waals surface area contributed by atoms with E-state index < -0.39 is 12.1 Å². The molecule has 170 valence electrons. The molecular formula is C24H30N4O4. The van der Waals surface area contributed by atoms with E-state index in [0.717, 1.165) is 0 Å². The van der Waals surface area contributed by atoms with Gasteiger partial charge in [-0.25, -0.2) is 0 Å². The molecule has 0 heterocycles. The van der Waals surface area contributed by atoms with Crippen molar-refractivity contribution in [1.29, 1.82) is 0 Å². The zero-order valence-corrected chi connectivity index (χ0v) is 18.4. The lowest BCUT2D eigenvalue weighted by atomic mass is 10.2. The van der Waals surface area contributed by atoms with Crippen LogP contribution in [0.3, 0.4) is 0 Å². The lowest BCUT2D eigenvalue weighted by Gasteiger charge is -2.15. The number of rotatable bonds is 11. The van der Waals surface area contributed by atoms with Gasteiger partial charge in [0.1, 0.15) is 12.1 Å². The summed E-state index contributed by atoms with van der Waals surface area (Å²) in [6.45, 7) is 4.30. The lowest BCUT2D eigenvalue weighted by molar-refractivity contribution is -0.122. The molecule has 2 aromatic carbocycles. The van der Waals surface area contributed by atoms with Crippen molar-refractivity contribution >= 4 is 23.2 Å². The second kappa shape index (κ2) is 12.9. The highest BCUT2D eigenvalue weighted by atomic mass is 16.2. The van der Waals surface area contributed by atoms with Crippen LogP contribution in [0.2, 0.25) is 0 Å². The number of hydrogen-bond donors (Lipinski definition) is 4. The minimum absolute atomic E-state index is 0.179. The van der Waals surface area contributed by atoms with Crippen LogP contribution in [0.4, 0.5) is 11.4 Å². The molecule has 0 aliphatic heterocycles.